The predicted octanol–water partition coefficient (Wildman–Crippen LogP) is 4.20. The van der Waals surface area contributed by atoms with E-state index in [-0.39, 0.29) is 18.3 Å². The second-order valence-electron chi connectivity index (χ2n) is 4.91. The molecule has 1 N–H and O–H groups in total. The van der Waals surface area contributed by atoms with Crippen LogP contribution in [0.2, 0.25) is 10.0 Å². The number of hydrogen-bond acceptors (Lipinski definition) is 2. The Hall–Kier alpha value is -1.62. The summed E-state index contributed by atoms with van der Waals surface area (Å²) in [7, 11) is 1.74. The quantitative estimate of drug-likeness (QED) is 0.884. The fourth-order valence-corrected chi connectivity index (χ4v) is 2.51. The number of halogens is 3. The van der Waals surface area contributed by atoms with Gasteiger partial charge >= 0.3 is 0 Å². The topological polar surface area (TPSA) is 32.3 Å². The molecule has 0 aromatic heterocycles. The smallest absolute Gasteiger partial charge is 0.238 e. The minimum absolute atomic E-state index is 0.0931. The van der Waals surface area contributed by atoms with Crippen molar-refractivity contribution in [1.29, 1.82) is 0 Å². The number of hydrogen-bond donors (Lipinski definition) is 1. The van der Waals surface area contributed by atoms with E-state index >= 15 is 0 Å². The molecule has 0 spiro atoms. The van der Waals surface area contributed by atoms with Gasteiger partial charge in [-0.05, 0) is 25.2 Å². The van der Waals surface area contributed by atoms with Gasteiger partial charge in [-0.1, -0.05) is 47.5 Å². The predicted molar refractivity (Wildman–Crippen MR) is 87.8 cm³/mol. The summed E-state index contributed by atoms with van der Waals surface area (Å²) < 4.78 is 13.6. The molecule has 6 heteroatoms. The minimum Gasteiger partial charge on any atom is -0.322 e. The number of anilines is 1. The number of rotatable bonds is 5. The zero-order chi connectivity index (χ0) is 16.1. The number of amides is 1. The summed E-state index contributed by atoms with van der Waals surface area (Å²) in [5.74, 6) is -0.558. The fourth-order valence-electron chi connectivity index (χ4n) is 2.01. The Morgan fingerprint density at radius 3 is 2.41 bits per heavy atom. The van der Waals surface area contributed by atoms with Crippen molar-refractivity contribution in [3.63, 3.8) is 0 Å². The Balaban J connectivity index is 1.96. The maximum absolute atomic E-state index is 13.6. The molecule has 0 aliphatic carbocycles. The maximum Gasteiger partial charge on any atom is 0.238 e. The van der Waals surface area contributed by atoms with Crippen LogP contribution >= 0.6 is 23.2 Å². The molecule has 0 aliphatic rings. The van der Waals surface area contributed by atoms with Crippen LogP contribution in [0, 0.1) is 5.82 Å². The van der Waals surface area contributed by atoms with Gasteiger partial charge in [0, 0.05) is 12.1 Å². The van der Waals surface area contributed by atoms with Crippen molar-refractivity contribution in [2.75, 3.05) is 18.9 Å². The van der Waals surface area contributed by atoms with E-state index in [1.54, 1.807) is 48.3 Å². The van der Waals surface area contributed by atoms with Gasteiger partial charge in [0.15, 0.2) is 0 Å². The van der Waals surface area contributed by atoms with Crippen LogP contribution in [-0.4, -0.2) is 24.4 Å². The molecule has 0 fully saturated rings. The van der Waals surface area contributed by atoms with E-state index in [1.807, 2.05) is 0 Å². The summed E-state index contributed by atoms with van der Waals surface area (Å²) >= 11 is 12.0. The molecule has 0 aliphatic heterocycles. The molecule has 116 valence electrons. The van der Waals surface area contributed by atoms with Crippen molar-refractivity contribution < 1.29 is 9.18 Å². The first-order valence-corrected chi connectivity index (χ1v) is 7.39. The van der Waals surface area contributed by atoms with E-state index in [1.165, 1.54) is 6.07 Å². The van der Waals surface area contributed by atoms with E-state index in [2.05, 4.69) is 5.32 Å². The van der Waals surface area contributed by atoms with Gasteiger partial charge in [0.25, 0.3) is 0 Å². The molecule has 0 saturated heterocycles. The van der Waals surface area contributed by atoms with Crippen LogP contribution in [0.3, 0.4) is 0 Å². The highest BCUT2D eigenvalue weighted by Gasteiger charge is 2.12. The first kappa shape index (κ1) is 16.7. The molecule has 0 radical (unpaired) electrons. The molecule has 2 aromatic rings. The number of para-hydroxylation sites is 1. The highest BCUT2D eigenvalue weighted by molar-refractivity contribution is 6.39. The summed E-state index contributed by atoms with van der Waals surface area (Å²) in [5.41, 5.74) is 0.920. The second-order valence-corrected chi connectivity index (χ2v) is 5.72. The minimum atomic E-state index is -0.288. The molecule has 0 bridgehead atoms. The molecule has 0 heterocycles. The van der Waals surface area contributed by atoms with Crippen LogP contribution in [0.5, 0.6) is 0 Å². The summed E-state index contributed by atoms with van der Waals surface area (Å²) in [6, 6.07) is 11.5. The van der Waals surface area contributed by atoms with Gasteiger partial charge in [-0.3, -0.25) is 9.69 Å². The second kappa shape index (κ2) is 7.58. The molecule has 3 nitrogen and oxygen atoms in total. The van der Waals surface area contributed by atoms with Crippen molar-refractivity contribution in [2.24, 2.45) is 0 Å². The summed E-state index contributed by atoms with van der Waals surface area (Å²) in [6.07, 6.45) is 0. The Morgan fingerprint density at radius 2 is 1.77 bits per heavy atom. The van der Waals surface area contributed by atoms with Crippen LogP contribution in [0.1, 0.15) is 5.56 Å². The first-order chi connectivity index (χ1) is 10.5. The fraction of sp³-hybridized carbons (Fsp3) is 0.188. The van der Waals surface area contributed by atoms with E-state index in [0.29, 0.717) is 27.8 Å². The van der Waals surface area contributed by atoms with Gasteiger partial charge in [-0.15, -0.1) is 0 Å². The number of likely N-dealkylation sites (N-methyl/N-ethyl adjacent to an activating group) is 1. The highest BCUT2D eigenvalue weighted by atomic mass is 35.5. The lowest BCUT2D eigenvalue weighted by Crippen LogP contribution is -2.30. The molecule has 2 aromatic carbocycles. The normalized spacial score (nSPS) is 10.8. The third-order valence-electron chi connectivity index (χ3n) is 3.04. The third kappa shape index (κ3) is 4.44. The molecular formula is C16H15Cl2FN2O. The Kier molecular flexibility index (Phi) is 5.77. The number of nitrogens with one attached hydrogen (secondary N) is 1. The number of nitrogens with zero attached hydrogens (tertiary/aromatic N) is 1. The van der Waals surface area contributed by atoms with Gasteiger partial charge < -0.3 is 5.32 Å². The van der Waals surface area contributed by atoms with Gasteiger partial charge in [-0.2, -0.15) is 0 Å². The average molecular weight is 341 g/mol. The zero-order valence-electron chi connectivity index (χ0n) is 11.9. The van der Waals surface area contributed by atoms with Crippen LogP contribution in [0.15, 0.2) is 42.5 Å². The standard InChI is InChI=1S/C16H15Cl2FN2O/c1-21(9-11-5-2-3-8-14(11)19)10-15(22)20-16-12(17)6-4-7-13(16)18/h2-8H,9-10H2,1H3,(H,20,22). The van der Waals surface area contributed by atoms with Crippen LogP contribution in [0.4, 0.5) is 10.1 Å². The van der Waals surface area contributed by atoms with Crippen molar-refractivity contribution >= 4 is 34.8 Å². The Labute approximate surface area is 138 Å². The maximum atomic E-state index is 13.6. The molecule has 0 saturated carbocycles. The number of benzene rings is 2. The van der Waals surface area contributed by atoms with E-state index < -0.39 is 0 Å². The number of carbonyl (C=O) groups excluding carboxylic acids is 1. The van der Waals surface area contributed by atoms with E-state index in [0.717, 1.165) is 0 Å². The van der Waals surface area contributed by atoms with Gasteiger partial charge in [-0.25, -0.2) is 4.39 Å². The molecule has 0 unspecified atom stereocenters. The van der Waals surface area contributed by atoms with Gasteiger partial charge in [0.2, 0.25) is 5.91 Å². The van der Waals surface area contributed by atoms with Crippen molar-refractivity contribution in [3.8, 4) is 0 Å². The molecule has 1 amide bonds. The molecular weight excluding hydrogens is 326 g/mol. The van der Waals surface area contributed by atoms with E-state index in [4.69, 9.17) is 23.2 Å². The number of carbonyl (C=O) groups is 1. The zero-order valence-corrected chi connectivity index (χ0v) is 13.5. The molecule has 22 heavy (non-hydrogen) atoms. The van der Waals surface area contributed by atoms with E-state index in [9.17, 15) is 9.18 Å². The average Bonchev–Trinajstić information content (AvgIpc) is 2.45. The van der Waals surface area contributed by atoms with Crippen molar-refractivity contribution in [1.82, 2.24) is 4.90 Å². The summed E-state index contributed by atoms with van der Waals surface area (Å²) in [5, 5.41) is 3.42. The molecule has 0 atom stereocenters. The summed E-state index contributed by atoms with van der Waals surface area (Å²) in [4.78, 5) is 13.7. The lowest BCUT2D eigenvalue weighted by Gasteiger charge is -2.17. The van der Waals surface area contributed by atoms with Crippen molar-refractivity contribution in [2.45, 2.75) is 6.54 Å². The van der Waals surface area contributed by atoms with Gasteiger partial charge in [0.05, 0.1) is 22.3 Å². The van der Waals surface area contributed by atoms with Crippen LogP contribution in [0.25, 0.3) is 0 Å². The van der Waals surface area contributed by atoms with Crippen LogP contribution in [-0.2, 0) is 11.3 Å². The Bertz CT molecular complexity index is 659. The third-order valence-corrected chi connectivity index (χ3v) is 3.67. The highest BCUT2D eigenvalue weighted by Crippen LogP contribution is 2.29. The Morgan fingerprint density at radius 1 is 1.14 bits per heavy atom. The SMILES string of the molecule is CN(CC(=O)Nc1c(Cl)cccc1Cl)Cc1ccccc1F. The lowest BCUT2D eigenvalue weighted by molar-refractivity contribution is -0.117. The van der Waals surface area contributed by atoms with Crippen LogP contribution < -0.4 is 5.32 Å². The largest absolute Gasteiger partial charge is 0.322 e. The first-order valence-electron chi connectivity index (χ1n) is 6.63. The molecule has 2 rings (SSSR count). The lowest BCUT2D eigenvalue weighted by atomic mass is 10.2. The monoisotopic (exact) mass is 340 g/mol. The van der Waals surface area contributed by atoms with Crippen molar-refractivity contribution in [3.05, 3.63) is 63.9 Å². The van der Waals surface area contributed by atoms with Gasteiger partial charge in [0.1, 0.15) is 5.82 Å². The summed E-state index contributed by atoms with van der Waals surface area (Å²) in [6.45, 7) is 0.423.